The van der Waals surface area contributed by atoms with E-state index in [1.54, 1.807) is 0 Å². The van der Waals surface area contributed by atoms with Crippen molar-refractivity contribution < 1.29 is 9.53 Å². The molecular formula is C19H25N3O2. The number of likely N-dealkylation sites (N-methyl/N-ethyl adjacent to an activating group) is 1. The molecule has 2 saturated carbocycles. The lowest BCUT2D eigenvalue weighted by Crippen LogP contribution is -2.72. The predicted octanol–water partition coefficient (Wildman–Crippen LogP) is 2.76. The Morgan fingerprint density at radius 1 is 1.38 bits per heavy atom. The molecular weight excluding hydrogens is 302 g/mol. The van der Waals surface area contributed by atoms with Crippen LogP contribution in [0.1, 0.15) is 31.2 Å². The molecule has 5 rings (SSSR count). The van der Waals surface area contributed by atoms with Gasteiger partial charge in [0.25, 0.3) is 0 Å². The van der Waals surface area contributed by atoms with E-state index in [4.69, 9.17) is 4.74 Å². The van der Waals surface area contributed by atoms with Crippen molar-refractivity contribution in [3.05, 3.63) is 23.8 Å². The third-order valence-corrected chi connectivity index (χ3v) is 6.83. The number of carbonyl (C=O) groups is 1. The van der Waals surface area contributed by atoms with Crippen LogP contribution in [-0.2, 0) is 11.2 Å². The lowest BCUT2D eigenvalue weighted by molar-refractivity contribution is -0.171. The van der Waals surface area contributed by atoms with E-state index in [2.05, 4.69) is 28.6 Å². The summed E-state index contributed by atoms with van der Waals surface area (Å²) in [4.78, 5) is 14.9. The number of carbonyl (C=O) groups excluding carboxylic acids is 1. The molecule has 1 saturated heterocycles. The fraction of sp³-hybridized carbons (Fsp3) is 0.632. The summed E-state index contributed by atoms with van der Waals surface area (Å²) in [7, 11) is 2.10. The number of fused-ring (bicyclic) bond motifs is 3. The molecule has 0 bridgehead atoms. The molecule has 2 aliphatic carbocycles. The summed E-state index contributed by atoms with van der Waals surface area (Å²) in [5.41, 5.74) is 3.67. The summed E-state index contributed by atoms with van der Waals surface area (Å²) in [5, 5.41) is 6.40. The van der Waals surface area contributed by atoms with Gasteiger partial charge < -0.3 is 20.3 Å². The summed E-state index contributed by atoms with van der Waals surface area (Å²) in [6.45, 7) is 1.87. The molecule has 128 valence electrons. The number of ether oxygens (including phenoxy) is 1. The molecule has 2 heterocycles. The van der Waals surface area contributed by atoms with E-state index >= 15 is 0 Å². The van der Waals surface area contributed by atoms with Crippen molar-refractivity contribution in [2.75, 3.05) is 30.4 Å². The fourth-order valence-corrected chi connectivity index (χ4v) is 5.47. The minimum atomic E-state index is -0.0559. The minimum absolute atomic E-state index is 0.0559. The normalized spacial score (nSPS) is 31.9. The molecule has 0 radical (unpaired) electrons. The van der Waals surface area contributed by atoms with Crippen LogP contribution < -0.4 is 15.5 Å². The Balaban J connectivity index is 1.30. The Labute approximate surface area is 142 Å². The molecule has 2 amide bonds. The van der Waals surface area contributed by atoms with Gasteiger partial charge in [0, 0.05) is 54.5 Å². The standard InChI is InChI=1S/C19H25N3O2/c1-22-10-6-12-14(4-2-5-15(12)22)20-18(23)21-16-13-7-11-24-17(13)19(16)8-3-9-19/h2,4-5,13,16-17H,3,6-11H2,1H3,(H2,20,21,23)/t13-,16+,17+/m0/s1. The van der Waals surface area contributed by atoms with Crippen LogP contribution >= 0.6 is 0 Å². The lowest BCUT2D eigenvalue weighted by Gasteiger charge is -2.63. The molecule has 5 heteroatoms. The van der Waals surface area contributed by atoms with Gasteiger partial charge in [-0.25, -0.2) is 4.79 Å². The third-order valence-electron chi connectivity index (χ3n) is 6.83. The van der Waals surface area contributed by atoms with Gasteiger partial charge in [0.15, 0.2) is 0 Å². The van der Waals surface area contributed by atoms with Gasteiger partial charge in [0.05, 0.1) is 6.10 Å². The monoisotopic (exact) mass is 327 g/mol. The van der Waals surface area contributed by atoms with Gasteiger partial charge >= 0.3 is 6.03 Å². The van der Waals surface area contributed by atoms with Gasteiger partial charge in [-0.05, 0) is 37.8 Å². The number of hydrogen-bond donors (Lipinski definition) is 2. The number of nitrogens with zero attached hydrogens (tertiary/aromatic N) is 1. The van der Waals surface area contributed by atoms with E-state index in [9.17, 15) is 4.79 Å². The van der Waals surface area contributed by atoms with Gasteiger partial charge in [-0.2, -0.15) is 0 Å². The van der Waals surface area contributed by atoms with Crippen molar-refractivity contribution in [2.24, 2.45) is 11.3 Å². The Bertz CT molecular complexity index is 685. The highest BCUT2D eigenvalue weighted by Crippen LogP contribution is 2.62. The van der Waals surface area contributed by atoms with E-state index in [0.29, 0.717) is 12.0 Å². The van der Waals surface area contributed by atoms with E-state index < -0.39 is 0 Å². The number of amides is 2. The van der Waals surface area contributed by atoms with Gasteiger partial charge in [0.2, 0.25) is 0 Å². The second kappa shape index (κ2) is 5.12. The summed E-state index contributed by atoms with van der Waals surface area (Å²) in [6, 6.07) is 6.39. The first kappa shape index (κ1) is 14.6. The molecule has 1 spiro atoms. The summed E-state index contributed by atoms with van der Waals surface area (Å²) in [5.74, 6) is 0.517. The highest BCUT2D eigenvalue weighted by Gasteiger charge is 2.67. The average molecular weight is 327 g/mol. The second-order valence-electron chi connectivity index (χ2n) is 7.88. The molecule has 5 nitrogen and oxygen atoms in total. The van der Waals surface area contributed by atoms with Crippen molar-refractivity contribution in [1.82, 2.24) is 5.32 Å². The molecule has 2 N–H and O–H groups in total. The van der Waals surface area contributed by atoms with E-state index in [1.807, 2.05) is 12.1 Å². The first-order valence-electron chi connectivity index (χ1n) is 9.21. The van der Waals surface area contributed by atoms with Crippen LogP contribution in [0, 0.1) is 11.3 Å². The first-order valence-corrected chi connectivity index (χ1v) is 9.21. The topological polar surface area (TPSA) is 53.6 Å². The largest absolute Gasteiger partial charge is 0.377 e. The van der Waals surface area contributed by atoms with Crippen LogP contribution in [0.15, 0.2) is 18.2 Å². The van der Waals surface area contributed by atoms with Gasteiger partial charge in [-0.1, -0.05) is 12.5 Å². The van der Waals surface area contributed by atoms with Gasteiger partial charge in [-0.3, -0.25) is 0 Å². The summed E-state index contributed by atoms with van der Waals surface area (Å²) < 4.78 is 5.93. The minimum Gasteiger partial charge on any atom is -0.377 e. The molecule has 0 unspecified atom stereocenters. The van der Waals surface area contributed by atoms with Crippen molar-refractivity contribution in [1.29, 1.82) is 0 Å². The van der Waals surface area contributed by atoms with Crippen LogP contribution in [0.2, 0.25) is 0 Å². The number of benzene rings is 1. The molecule has 3 atom stereocenters. The van der Waals surface area contributed by atoms with E-state index in [1.165, 1.54) is 30.5 Å². The number of hydrogen-bond acceptors (Lipinski definition) is 3. The van der Waals surface area contributed by atoms with Crippen LogP contribution in [0.25, 0.3) is 0 Å². The number of rotatable bonds is 2. The van der Waals surface area contributed by atoms with Crippen molar-refractivity contribution in [3.8, 4) is 0 Å². The Morgan fingerprint density at radius 3 is 3.04 bits per heavy atom. The molecule has 1 aromatic carbocycles. The maximum Gasteiger partial charge on any atom is 0.319 e. The van der Waals surface area contributed by atoms with Gasteiger partial charge in [0.1, 0.15) is 0 Å². The molecule has 3 fully saturated rings. The Kier molecular flexibility index (Phi) is 3.11. The van der Waals surface area contributed by atoms with Crippen LogP contribution in [-0.4, -0.2) is 38.4 Å². The number of anilines is 2. The van der Waals surface area contributed by atoms with Gasteiger partial charge in [-0.15, -0.1) is 0 Å². The second-order valence-corrected chi connectivity index (χ2v) is 7.88. The fourth-order valence-electron chi connectivity index (χ4n) is 5.47. The van der Waals surface area contributed by atoms with Crippen LogP contribution in [0.5, 0.6) is 0 Å². The van der Waals surface area contributed by atoms with E-state index in [0.717, 1.165) is 31.7 Å². The maximum atomic E-state index is 12.6. The van der Waals surface area contributed by atoms with Crippen molar-refractivity contribution in [2.45, 2.75) is 44.2 Å². The Morgan fingerprint density at radius 2 is 2.25 bits per heavy atom. The third kappa shape index (κ3) is 1.88. The highest BCUT2D eigenvalue weighted by atomic mass is 16.5. The zero-order chi connectivity index (χ0) is 16.3. The molecule has 0 aromatic heterocycles. The zero-order valence-corrected chi connectivity index (χ0v) is 14.2. The smallest absolute Gasteiger partial charge is 0.319 e. The molecule has 4 aliphatic rings. The molecule has 1 aromatic rings. The zero-order valence-electron chi connectivity index (χ0n) is 14.2. The lowest BCUT2D eigenvalue weighted by atomic mass is 9.46. The SMILES string of the molecule is CN1CCc2c(NC(=O)N[C@@H]3[C@@H]4CCO[C@H]4C34CCC4)cccc21. The predicted molar refractivity (Wildman–Crippen MR) is 93.5 cm³/mol. The number of urea groups is 1. The highest BCUT2D eigenvalue weighted by molar-refractivity contribution is 5.92. The quantitative estimate of drug-likeness (QED) is 0.878. The van der Waals surface area contributed by atoms with Crippen molar-refractivity contribution in [3.63, 3.8) is 0 Å². The van der Waals surface area contributed by atoms with E-state index in [-0.39, 0.29) is 17.5 Å². The average Bonchev–Trinajstić information content (AvgIpc) is 3.10. The van der Waals surface area contributed by atoms with Crippen LogP contribution in [0.3, 0.4) is 0 Å². The first-order chi connectivity index (χ1) is 11.7. The molecule has 2 aliphatic heterocycles. The number of nitrogens with one attached hydrogen (secondary N) is 2. The summed E-state index contributed by atoms with van der Waals surface area (Å²) >= 11 is 0. The maximum absolute atomic E-state index is 12.6. The van der Waals surface area contributed by atoms with Crippen LogP contribution in [0.4, 0.5) is 16.2 Å². The summed E-state index contributed by atoms with van der Waals surface area (Å²) in [6.07, 6.45) is 6.14. The van der Waals surface area contributed by atoms with Crippen molar-refractivity contribution >= 4 is 17.4 Å². The molecule has 24 heavy (non-hydrogen) atoms. The Hall–Kier alpha value is -1.75.